The zero-order valence-corrected chi connectivity index (χ0v) is 20.5. The number of methoxy groups -OCH3 is 1. The van der Waals surface area contributed by atoms with Crippen molar-refractivity contribution in [1.29, 1.82) is 0 Å². The number of carbonyl (C=O) groups is 2. The maximum Gasteiger partial charge on any atom is 0.267 e. The van der Waals surface area contributed by atoms with Crippen molar-refractivity contribution in [1.82, 2.24) is 0 Å². The molecule has 0 spiro atoms. The average Bonchev–Trinajstić information content (AvgIpc) is 3.36. The van der Waals surface area contributed by atoms with Crippen LogP contribution in [0.25, 0.3) is 21.1 Å². The number of benzene rings is 3. The van der Waals surface area contributed by atoms with E-state index in [9.17, 15) is 9.59 Å². The first-order valence-corrected chi connectivity index (χ1v) is 11.9. The Labute approximate surface area is 212 Å². The van der Waals surface area contributed by atoms with Crippen LogP contribution in [0.3, 0.4) is 0 Å². The lowest BCUT2D eigenvalue weighted by atomic mass is 10.1. The van der Waals surface area contributed by atoms with Crippen molar-refractivity contribution in [3.8, 4) is 5.75 Å². The van der Waals surface area contributed by atoms with Gasteiger partial charge in [-0.2, -0.15) is 0 Å². The summed E-state index contributed by atoms with van der Waals surface area (Å²) >= 11 is 20.1. The highest BCUT2D eigenvalue weighted by atomic mass is 35.5. The van der Waals surface area contributed by atoms with Gasteiger partial charge in [0.1, 0.15) is 16.2 Å². The van der Waals surface area contributed by atoms with Crippen LogP contribution in [-0.4, -0.2) is 18.8 Å². The molecule has 1 N–H and O–H groups in total. The number of carbonyl (C=O) groups excluding carboxylic acids is 2. The van der Waals surface area contributed by atoms with Crippen LogP contribution in [0.2, 0.25) is 15.1 Å². The van der Waals surface area contributed by atoms with Crippen LogP contribution in [0.15, 0.2) is 65.1 Å². The van der Waals surface area contributed by atoms with Crippen LogP contribution < -0.4 is 10.1 Å². The van der Waals surface area contributed by atoms with Crippen LogP contribution in [0.4, 0.5) is 5.69 Å². The lowest BCUT2D eigenvalue weighted by molar-refractivity contribution is 0.101. The van der Waals surface area contributed by atoms with Crippen molar-refractivity contribution in [3.63, 3.8) is 0 Å². The van der Waals surface area contributed by atoms with Gasteiger partial charge in [-0.1, -0.05) is 46.9 Å². The maximum absolute atomic E-state index is 13.3. The SMILES string of the molecule is COc1ccc(C(=O)c2oc3ccccc3c2NC(=O)c2sc3cc(Cl)cc(Cl)c3c2Cl)cc1. The second kappa shape index (κ2) is 8.96. The molecule has 0 unspecified atom stereocenters. The fourth-order valence-corrected chi connectivity index (χ4v) is 5.90. The van der Waals surface area contributed by atoms with E-state index >= 15 is 0 Å². The van der Waals surface area contributed by atoms with Crippen LogP contribution in [0.5, 0.6) is 5.75 Å². The second-order valence-corrected chi connectivity index (χ2v) is 9.59. The summed E-state index contributed by atoms with van der Waals surface area (Å²) in [5.41, 5.74) is 1.11. The molecule has 9 heteroatoms. The summed E-state index contributed by atoms with van der Waals surface area (Å²) < 4.78 is 11.7. The molecule has 2 heterocycles. The molecule has 0 fully saturated rings. The van der Waals surface area contributed by atoms with Crippen LogP contribution in [-0.2, 0) is 0 Å². The Morgan fingerprint density at radius 2 is 1.74 bits per heavy atom. The third-order valence-corrected chi connectivity index (χ3v) is 7.39. The molecule has 5 aromatic rings. The zero-order valence-electron chi connectivity index (χ0n) is 17.4. The Kier molecular flexibility index (Phi) is 6.00. The summed E-state index contributed by atoms with van der Waals surface area (Å²) in [5.74, 6) is -0.244. The van der Waals surface area contributed by atoms with E-state index in [1.165, 1.54) is 0 Å². The Morgan fingerprint density at radius 3 is 2.47 bits per heavy atom. The first-order valence-electron chi connectivity index (χ1n) is 9.96. The minimum absolute atomic E-state index is 0.0121. The van der Waals surface area contributed by atoms with E-state index in [2.05, 4.69) is 5.32 Å². The summed E-state index contributed by atoms with van der Waals surface area (Å²) in [6.07, 6.45) is 0. The predicted octanol–water partition coefficient (Wildman–Crippen LogP) is 8.10. The lowest BCUT2D eigenvalue weighted by Gasteiger charge is -2.06. The summed E-state index contributed by atoms with van der Waals surface area (Å²) in [7, 11) is 1.55. The topological polar surface area (TPSA) is 68.5 Å². The molecule has 3 aromatic carbocycles. The molecule has 5 rings (SSSR count). The number of furan rings is 1. The number of ketones is 1. The predicted molar refractivity (Wildman–Crippen MR) is 137 cm³/mol. The molecule has 0 radical (unpaired) electrons. The largest absolute Gasteiger partial charge is 0.497 e. The van der Waals surface area contributed by atoms with Crippen LogP contribution in [0, 0.1) is 0 Å². The van der Waals surface area contributed by atoms with Gasteiger partial charge in [0, 0.05) is 26.1 Å². The molecule has 0 aliphatic carbocycles. The molecule has 0 saturated carbocycles. The van der Waals surface area contributed by atoms with Gasteiger partial charge < -0.3 is 14.5 Å². The van der Waals surface area contributed by atoms with E-state index < -0.39 is 5.91 Å². The molecule has 0 aliphatic heterocycles. The van der Waals surface area contributed by atoms with Gasteiger partial charge in [0.05, 0.1) is 22.8 Å². The number of para-hydroxylation sites is 1. The number of nitrogens with one attached hydrogen (secondary N) is 1. The van der Waals surface area contributed by atoms with E-state index in [1.54, 1.807) is 67.8 Å². The standard InChI is InChI=1S/C25H14Cl3NO4S/c1-32-14-8-6-12(7-9-14)22(30)23-21(15-4-2-3-5-17(15)33-23)29-25(31)24-20(28)19-16(27)10-13(26)11-18(19)34-24/h2-11H,1H3,(H,29,31). The fraction of sp³-hybridized carbons (Fsp3) is 0.0400. The Balaban J connectivity index is 1.58. The first kappa shape index (κ1) is 22.7. The highest BCUT2D eigenvalue weighted by Gasteiger charge is 2.26. The van der Waals surface area contributed by atoms with Crippen LogP contribution >= 0.6 is 46.1 Å². The molecular weight excluding hydrogens is 517 g/mol. The molecule has 2 aromatic heterocycles. The quantitative estimate of drug-likeness (QED) is 0.233. The number of thiophene rings is 1. The Bertz CT molecular complexity index is 1590. The van der Waals surface area contributed by atoms with E-state index in [4.69, 9.17) is 44.0 Å². The van der Waals surface area contributed by atoms with Crippen molar-refractivity contribution in [3.05, 3.63) is 91.9 Å². The van der Waals surface area contributed by atoms with Gasteiger partial charge in [0.2, 0.25) is 5.78 Å². The number of anilines is 1. The van der Waals surface area contributed by atoms with Gasteiger partial charge in [-0.3, -0.25) is 9.59 Å². The number of rotatable bonds is 5. The molecule has 170 valence electrons. The number of ether oxygens (including phenoxy) is 1. The molecule has 0 aliphatic rings. The molecule has 0 bridgehead atoms. The minimum atomic E-state index is -0.492. The number of amides is 1. The number of fused-ring (bicyclic) bond motifs is 2. The van der Waals surface area contributed by atoms with Gasteiger partial charge in [-0.25, -0.2) is 0 Å². The molecule has 1 amide bonds. The van der Waals surface area contributed by atoms with E-state index in [-0.39, 0.29) is 27.1 Å². The minimum Gasteiger partial charge on any atom is -0.497 e. The van der Waals surface area contributed by atoms with Crippen molar-refractivity contribution in [2.45, 2.75) is 0 Å². The smallest absolute Gasteiger partial charge is 0.267 e. The normalized spacial score (nSPS) is 11.2. The van der Waals surface area contributed by atoms with Gasteiger partial charge >= 0.3 is 0 Å². The monoisotopic (exact) mass is 529 g/mol. The van der Waals surface area contributed by atoms with Crippen molar-refractivity contribution < 1.29 is 18.7 Å². The Morgan fingerprint density at radius 1 is 1.00 bits per heavy atom. The van der Waals surface area contributed by atoms with Crippen molar-refractivity contribution in [2.75, 3.05) is 12.4 Å². The summed E-state index contributed by atoms with van der Waals surface area (Å²) in [4.78, 5) is 26.9. The molecular formula is C25H14Cl3NO4S. The summed E-state index contributed by atoms with van der Waals surface area (Å²) in [6, 6.07) is 17.0. The lowest BCUT2D eigenvalue weighted by Crippen LogP contribution is -2.13. The molecule has 34 heavy (non-hydrogen) atoms. The van der Waals surface area contributed by atoms with Gasteiger partial charge in [0.15, 0.2) is 5.76 Å². The third-order valence-electron chi connectivity index (χ3n) is 5.25. The van der Waals surface area contributed by atoms with E-state index in [1.807, 2.05) is 0 Å². The van der Waals surface area contributed by atoms with Gasteiger partial charge in [0.25, 0.3) is 5.91 Å². The molecule has 0 atom stereocenters. The number of halogens is 3. The van der Waals surface area contributed by atoms with Crippen molar-refractivity contribution >= 4 is 84.6 Å². The summed E-state index contributed by atoms with van der Waals surface area (Å²) in [5, 5.41) is 4.98. The highest BCUT2D eigenvalue weighted by Crippen LogP contribution is 2.42. The average molecular weight is 531 g/mol. The molecule has 0 saturated heterocycles. The van der Waals surface area contributed by atoms with E-state index in [0.717, 1.165) is 11.3 Å². The molecule has 5 nitrogen and oxygen atoms in total. The second-order valence-electron chi connectivity index (χ2n) is 7.32. The van der Waals surface area contributed by atoms with E-state index in [0.29, 0.717) is 42.4 Å². The number of hydrogen-bond donors (Lipinski definition) is 1. The van der Waals surface area contributed by atoms with Crippen molar-refractivity contribution in [2.24, 2.45) is 0 Å². The van der Waals surface area contributed by atoms with Gasteiger partial charge in [-0.05, 0) is 48.5 Å². The number of hydrogen-bond acceptors (Lipinski definition) is 5. The fourth-order valence-electron chi connectivity index (χ4n) is 3.63. The van der Waals surface area contributed by atoms with Gasteiger partial charge in [-0.15, -0.1) is 11.3 Å². The Hall–Kier alpha value is -3.03. The summed E-state index contributed by atoms with van der Waals surface area (Å²) in [6.45, 7) is 0. The van der Waals surface area contributed by atoms with Crippen LogP contribution in [0.1, 0.15) is 25.8 Å². The zero-order chi connectivity index (χ0) is 24.0. The first-order chi connectivity index (χ1) is 16.4. The maximum atomic E-state index is 13.3. The third kappa shape index (κ3) is 3.93. The highest BCUT2D eigenvalue weighted by molar-refractivity contribution is 7.21.